The summed E-state index contributed by atoms with van der Waals surface area (Å²) in [5, 5.41) is 12.4. The number of carboxylic acid groups (broad SMARTS) is 1. The predicted octanol–water partition coefficient (Wildman–Crippen LogP) is 3.15. The molecule has 0 aliphatic carbocycles. The Morgan fingerprint density at radius 1 is 1.31 bits per heavy atom. The van der Waals surface area contributed by atoms with E-state index in [-0.39, 0.29) is 6.54 Å². The summed E-state index contributed by atoms with van der Waals surface area (Å²) in [6.07, 6.45) is -4.67. The van der Waals surface area contributed by atoms with Crippen LogP contribution in [0, 0.1) is 18.8 Å². The monoisotopic (exact) mass is 370 g/mol. The first-order chi connectivity index (χ1) is 12.2. The number of hydrogen-bond donors (Lipinski definition) is 2. The summed E-state index contributed by atoms with van der Waals surface area (Å²) in [6.45, 7) is 0.670. The highest BCUT2D eigenvalue weighted by Gasteiger charge is 2.53. The maximum Gasteiger partial charge on any atom is 0.394 e. The Labute approximate surface area is 146 Å². The fraction of sp³-hybridized carbons (Fsp3) is 0.412. The number of nitrogens with one attached hydrogen (secondary N) is 1. The summed E-state index contributed by atoms with van der Waals surface area (Å²) in [4.78, 5) is 24.2. The zero-order valence-corrected chi connectivity index (χ0v) is 13.8. The van der Waals surface area contributed by atoms with Gasteiger partial charge in [0.05, 0.1) is 18.4 Å². The predicted molar refractivity (Wildman–Crippen MR) is 85.4 cm³/mol. The molecule has 1 aliphatic rings. The lowest BCUT2D eigenvalue weighted by atomic mass is 9.96. The summed E-state index contributed by atoms with van der Waals surface area (Å²) in [5.74, 6) is -4.79. The number of carbonyl (C=O) groups excluding carboxylic acids is 1. The van der Waals surface area contributed by atoms with E-state index in [4.69, 9.17) is 9.52 Å². The minimum absolute atomic E-state index is 0.00424. The van der Waals surface area contributed by atoms with Crippen molar-refractivity contribution in [3.63, 3.8) is 0 Å². The third-order valence-electron chi connectivity index (χ3n) is 4.69. The Bertz CT molecular complexity index is 846. The Morgan fingerprint density at radius 3 is 2.58 bits per heavy atom. The van der Waals surface area contributed by atoms with Crippen molar-refractivity contribution in [1.29, 1.82) is 0 Å². The molecule has 1 aromatic heterocycles. The molecule has 6 nitrogen and oxygen atoms in total. The van der Waals surface area contributed by atoms with Crippen LogP contribution in [0.4, 0.5) is 18.0 Å². The number of carboxylic acids is 1. The number of para-hydroxylation sites is 1. The number of urea groups is 1. The van der Waals surface area contributed by atoms with E-state index in [1.54, 1.807) is 12.1 Å². The van der Waals surface area contributed by atoms with Crippen LogP contribution in [0.1, 0.15) is 11.3 Å². The Hall–Kier alpha value is -2.71. The molecule has 140 valence electrons. The number of hydrogen-bond acceptors (Lipinski definition) is 3. The van der Waals surface area contributed by atoms with Crippen LogP contribution in [-0.4, -0.2) is 41.3 Å². The normalized spacial score (nSPS) is 20.5. The van der Waals surface area contributed by atoms with Crippen molar-refractivity contribution in [2.75, 3.05) is 13.1 Å². The highest BCUT2D eigenvalue weighted by Crippen LogP contribution is 2.37. The van der Waals surface area contributed by atoms with Crippen molar-refractivity contribution in [3.05, 3.63) is 35.6 Å². The van der Waals surface area contributed by atoms with Crippen molar-refractivity contribution in [3.8, 4) is 0 Å². The molecular weight excluding hydrogens is 353 g/mol. The average Bonchev–Trinajstić information content (AvgIpc) is 3.15. The summed E-state index contributed by atoms with van der Waals surface area (Å²) in [6, 6.07) is 6.55. The second kappa shape index (κ2) is 6.54. The van der Waals surface area contributed by atoms with Gasteiger partial charge in [0.15, 0.2) is 0 Å². The smallest absolute Gasteiger partial charge is 0.394 e. The van der Waals surface area contributed by atoms with E-state index >= 15 is 0 Å². The first-order valence-corrected chi connectivity index (χ1v) is 7.97. The maximum atomic E-state index is 13.0. The van der Waals surface area contributed by atoms with E-state index in [1.165, 1.54) is 0 Å². The zero-order chi connectivity index (χ0) is 19.1. The van der Waals surface area contributed by atoms with Crippen LogP contribution in [0.25, 0.3) is 11.0 Å². The second-order valence-corrected chi connectivity index (χ2v) is 6.30. The van der Waals surface area contributed by atoms with Gasteiger partial charge in [-0.2, -0.15) is 13.2 Å². The summed E-state index contributed by atoms with van der Waals surface area (Å²) >= 11 is 0. The lowest BCUT2D eigenvalue weighted by molar-refractivity contribution is -0.187. The molecule has 1 fully saturated rings. The van der Waals surface area contributed by atoms with Crippen molar-refractivity contribution in [2.24, 2.45) is 11.8 Å². The highest BCUT2D eigenvalue weighted by molar-refractivity contribution is 5.82. The quantitative estimate of drug-likeness (QED) is 0.870. The number of amides is 2. The first-order valence-electron chi connectivity index (χ1n) is 7.97. The number of benzene rings is 1. The summed E-state index contributed by atoms with van der Waals surface area (Å²) in [5.41, 5.74) is 1.48. The molecule has 2 atom stereocenters. The standard InChI is InChI=1S/C17H17F3N2O4/c1-9-10-4-2-3-5-13(10)26-14(9)6-21-16(25)22-7-11(15(23)24)12(8-22)17(18,19)20/h2-5,11-12H,6-8H2,1H3,(H,21,25)(H,23,24)/t11-,12-/m1/s1. The van der Waals surface area contributed by atoms with Gasteiger partial charge >= 0.3 is 18.2 Å². The molecule has 2 amide bonds. The van der Waals surface area contributed by atoms with E-state index < -0.39 is 43.1 Å². The number of halogens is 3. The molecular formula is C17H17F3N2O4. The van der Waals surface area contributed by atoms with Gasteiger partial charge in [0.25, 0.3) is 0 Å². The van der Waals surface area contributed by atoms with Crippen LogP contribution < -0.4 is 5.32 Å². The van der Waals surface area contributed by atoms with Gasteiger partial charge in [-0.15, -0.1) is 0 Å². The summed E-state index contributed by atoms with van der Waals surface area (Å²) in [7, 11) is 0. The van der Waals surface area contributed by atoms with Gasteiger partial charge in [-0.3, -0.25) is 4.79 Å². The minimum atomic E-state index is -4.67. The summed E-state index contributed by atoms with van der Waals surface area (Å²) < 4.78 is 44.6. The number of carbonyl (C=O) groups is 2. The molecule has 3 rings (SSSR count). The number of furan rings is 1. The SMILES string of the molecule is Cc1c(CNC(=O)N2C[C@@H](C(F)(F)F)[C@H](C(=O)O)C2)oc2ccccc12. The molecule has 0 spiro atoms. The van der Waals surface area contributed by atoms with Crippen LogP contribution in [-0.2, 0) is 11.3 Å². The van der Waals surface area contributed by atoms with E-state index in [1.807, 2.05) is 19.1 Å². The number of rotatable bonds is 3. The van der Waals surface area contributed by atoms with Gasteiger partial charge in [0.1, 0.15) is 11.3 Å². The van der Waals surface area contributed by atoms with Crippen molar-refractivity contribution in [2.45, 2.75) is 19.6 Å². The maximum absolute atomic E-state index is 13.0. The number of likely N-dealkylation sites (tertiary alicyclic amines) is 1. The number of aryl methyl sites for hydroxylation is 1. The van der Waals surface area contributed by atoms with Crippen molar-refractivity contribution < 1.29 is 32.3 Å². The second-order valence-electron chi connectivity index (χ2n) is 6.30. The molecule has 2 aromatic rings. The molecule has 1 aliphatic heterocycles. The van der Waals surface area contributed by atoms with Crippen LogP contribution in [0.3, 0.4) is 0 Å². The highest BCUT2D eigenvalue weighted by atomic mass is 19.4. The van der Waals surface area contributed by atoms with Crippen LogP contribution in [0.2, 0.25) is 0 Å². The van der Waals surface area contributed by atoms with Crippen molar-refractivity contribution in [1.82, 2.24) is 10.2 Å². The lowest BCUT2D eigenvalue weighted by Crippen LogP contribution is -2.39. The Morgan fingerprint density at radius 2 is 2.00 bits per heavy atom. The number of fused-ring (bicyclic) bond motifs is 1. The number of aliphatic carboxylic acids is 1. The molecule has 0 bridgehead atoms. The molecule has 1 aromatic carbocycles. The Balaban J connectivity index is 1.68. The van der Waals surface area contributed by atoms with Gasteiger partial charge in [-0.1, -0.05) is 18.2 Å². The average molecular weight is 370 g/mol. The lowest BCUT2D eigenvalue weighted by Gasteiger charge is -2.18. The van der Waals surface area contributed by atoms with Gasteiger partial charge in [-0.25, -0.2) is 4.79 Å². The topological polar surface area (TPSA) is 82.8 Å². The molecule has 0 saturated carbocycles. The third-order valence-corrected chi connectivity index (χ3v) is 4.69. The van der Waals surface area contributed by atoms with Crippen LogP contribution >= 0.6 is 0 Å². The molecule has 2 heterocycles. The number of alkyl halides is 3. The molecule has 0 unspecified atom stereocenters. The first kappa shape index (κ1) is 18.1. The molecule has 0 radical (unpaired) electrons. The number of nitrogens with zero attached hydrogens (tertiary/aromatic N) is 1. The fourth-order valence-corrected chi connectivity index (χ4v) is 3.21. The van der Waals surface area contributed by atoms with Gasteiger partial charge < -0.3 is 19.7 Å². The minimum Gasteiger partial charge on any atom is -0.481 e. The van der Waals surface area contributed by atoms with Gasteiger partial charge in [-0.05, 0) is 13.0 Å². The van der Waals surface area contributed by atoms with E-state index in [9.17, 15) is 22.8 Å². The van der Waals surface area contributed by atoms with E-state index in [0.29, 0.717) is 11.3 Å². The van der Waals surface area contributed by atoms with Crippen molar-refractivity contribution >= 4 is 23.0 Å². The molecule has 1 saturated heterocycles. The van der Waals surface area contributed by atoms with E-state index in [0.717, 1.165) is 15.8 Å². The molecule has 9 heteroatoms. The van der Waals surface area contributed by atoms with Crippen LogP contribution in [0.5, 0.6) is 0 Å². The van der Waals surface area contributed by atoms with Crippen LogP contribution in [0.15, 0.2) is 28.7 Å². The van der Waals surface area contributed by atoms with E-state index in [2.05, 4.69) is 5.32 Å². The van der Waals surface area contributed by atoms with Gasteiger partial charge in [0.2, 0.25) is 0 Å². The zero-order valence-electron chi connectivity index (χ0n) is 13.8. The third kappa shape index (κ3) is 3.33. The molecule has 2 N–H and O–H groups in total. The molecule has 26 heavy (non-hydrogen) atoms. The largest absolute Gasteiger partial charge is 0.481 e. The fourth-order valence-electron chi connectivity index (χ4n) is 3.21. The van der Waals surface area contributed by atoms with Gasteiger partial charge in [0, 0.05) is 24.0 Å². The Kier molecular flexibility index (Phi) is 4.55.